The second kappa shape index (κ2) is 6.17. The van der Waals surface area contributed by atoms with Crippen molar-refractivity contribution in [3.8, 4) is 5.75 Å². The highest BCUT2D eigenvalue weighted by Gasteiger charge is 2.16. The number of hydrogen-bond acceptors (Lipinski definition) is 3. The van der Waals surface area contributed by atoms with Gasteiger partial charge in [0.15, 0.2) is 0 Å². The Balaban J connectivity index is 2.26. The molecule has 0 unspecified atom stereocenters. The van der Waals surface area contributed by atoms with Gasteiger partial charge in [0, 0.05) is 0 Å². The maximum Gasteiger partial charge on any atom is 0.387 e. The molecule has 0 atom stereocenters. The molecule has 4 nitrogen and oxygen atoms in total. The van der Waals surface area contributed by atoms with Crippen LogP contribution in [0.3, 0.4) is 0 Å². The highest BCUT2D eigenvalue weighted by atomic mass is 19.3. The Morgan fingerprint density at radius 1 is 1.19 bits per heavy atom. The van der Waals surface area contributed by atoms with Crippen molar-refractivity contribution in [1.82, 2.24) is 0 Å². The van der Waals surface area contributed by atoms with Crippen molar-refractivity contribution in [2.45, 2.75) is 6.61 Å². The summed E-state index contributed by atoms with van der Waals surface area (Å²) in [6.07, 6.45) is 0. The van der Waals surface area contributed by atoms with Crippen molar-refractivity contribution in [1.29, 1.82) is 0 Å². The summed E-state index contributed by atoms with van der Waals surface area (Å²) >= 11 is 0. The van der Waals surface area contributed by atoms with Crippen LogP contribution in [0.1, 0.15) is 10.4 Å². The first-order chi connectivity index (χ1) is 9.97. The number of rotatable bonds is 4. The topological polar surface area (TPSA) is 64.3 Å². The number of ether oxygens (including phenoxy) is 1. The van der Waals surface area contributed by atoms with E-state index in [4.69, 9.17) is 5.73 Å². The molecule has 0 fully saturated rings. The fourth-order valence-electron chi connectivity index (χ4n) is 1.68. The molecule has 7 heteroatoms. The minimum absolute atomic E-state index is 0.0480. The summed E-state index contributed by atoms with van der Waals surface area (Å²) in [6, 6.07) is 8.93. The first kappa shape index (κ1) is 14.7. The predicted octanol–water partition coefficient (Wildman–Crippen LogP) is 3.26. The zero-order valence-electron chi connectivity index (χ0n) is 10.6. The standard InChI is InChI=1S/C14H11F3N2O2/c15-8-5-6-10(18)11(7-8)19-13(20)9-3-1-2-4-12(9)21-14(16)17/h1-7,14H,18H2,(H,19,20). The van der Waals surface area contributed by atoms with Crippen molar-refractivity contribution >= 4 is 17.3 Å². The zero-order valence-corrected chi connectivity index (χ0v) is 10.6. The normalized spacial score (nSPS) is 10.5. The molecule has 21 heavy (non-hydrogen) atoms. The summed E-state index contributed by atoms with van der Waals surface area (Å²) in [5.41, 5.74) is 5.69. The van der Waals surface area contributed by atoms with Gasteiger partial charge in [0.25, 0.3) is 5.91 Å². The summed E-state index contributed by atoms with van der Waals surface area (Å²) in [5, 5.41) is 2.35. The zero-order chi connectivity index (χ0) is 15.4. The second-order valence-electron chi connectivity index (χ2n) is 4.06. The first-order valence-electron chi connectivity index (χ1n) is 5.87. The number of hydrogen-bond donors (Lipinski definition) is 2. The summed E-state index contributed by atoms with van der Waals surface area (Å²) < 4.78 is 41.9. The van der Waals surface area contributed by atoms with E-state index in [1.165, 1.54) is 30.3 Å². The van der Waals surface area contributed by atoms with Gasteiger partial charge >= 0.3 is 6.61 Å². The molecular weight excluding hydrogens is 285 g/mol. The maximum atomic E-state index is 13.1. The van der Waals surface area contributed by atoms with E-state index in [0.29, 0.717) is 0 Å². The number of para-hydroxylation sites is 1. The predicted molar refractivity (Wildman–Crippen MR) is 71.8 cm³/mol. The smallest absolute Gasteiger partial charge is 0.387 e. The van der Waals surface area contributed by atoms with Crippen molar-refractivity contribution < 1.29 is 22.7 Å². The highest BCUT2D eigenvalue weighted by molar-refractivity contribution is 6.07. The Hall–Kier alpha value is -2.70. The lowest BCUT2D eigenvalue weighted by Gasteiger charge is -2.12. The molecule has 3 N–H and O–H groups in total. The number of carbonyl (C=O) groups excluding carboxylic acids is 1. The van der Waals surface area contributed by atoms with E-state index >= 15 is 0 Å². The SMILES string of the molecule is Nc1ccc(F)cc1NC(=O)c1ccccc1OC(F)F. The molecule has 2 aromatic carbocycles. The lowest BCUT2D eigenvalue weighted by atomic mass is 10.1. The van der Waals surface area contributed by atoms with Crippen LogP contribution in [0.5, 0.6) is 5.75 Å². The number of benzene rings is 2. The summed E-state index contributed by atoms with van der Waals surface area (Å²) in [6.45, 7) is -3.06. The minimum Gasteiger partial charge on any atom is -0.434 e. The molecule has 0 saturated carbocycles. The van der Waals surface area contributed by atoms with Gasteiger partial charge in [-0.15, -0.1) is 0 Å². The molecule has 1 amide bonds. The fourth-order valence-corrected chi connectivity index (χ4v) is 1.68. The molecule has 0 aliphatic rings. The van der Waals surface area contributed by atoms with Gasteiger partial charge in [-0.1, -0.05) is 12.1 Å². The molecule has 0 heterocycles. The molecule has 0 aliphatic heterocycles. The van der Waals surface area contributed by atoms with E-state index in [-0.39, 0.29) is 22.7 Å². The van der Waals surface area contributed by atoms with Gasteiger partial charge < -0.3 is 15.8 Å². The molecule has 2 rings (SSSR count). The van der Waals surface area contributed by atoms with E-state index in [0.717, 1.165) is 12.1 Å². The van der Waals surface area contributed by atoms with E-state index in [2.05, 4.69) is 10.1 Å². The Kier molecular flexibility index (Phi) is 4.32. The third-order valence-corrected chi connectivity index (χ3v) is 2.61. The Morgan fingerprint density at radius 2 is 1.90 bits per heavy atom. The van der Waals surface area contributed by atoms with Crippen LogP contribution in [0.25, 0.3) is 0 Å². The van der Waals surface area contributed by atoms with Crippen LogP contribution in [0.4, 0.5) is 24.5 Å². The fraction of sp³-hybridized carbons (Fsp3) is 0.0714. The van der Waals surface area contributed by atoms with Gasteiger partial charge in [0.1, 0.15) is 11.6 Å². The van der Waals surface area contributed by atoms with Gasteiger partial charge in [-0.2, -0.15) is 8.78 Å². The molecule has 0 radical (unpaired) electrons. The molecule has 0 aliphatic carbocycles. The molecule has 0 aromatic heterocycles. The van der Waals surface area contributed by atoms with Gasteiger partial charge in [-0.3, -0.25) is 4.79 Å². The third-order valence-electron chi connectivity index (χ3n) is 2.61. The summed E-state index contributed by atoms with van der Waals surface area (Å²) in [5.74, 6) is -1.60. The Labute approximate surface area is 118 Å². The second-order valence-corrected chi connectivity index (χ2v) is 4.06. The molecule has 2 aromatic rings. The maximum absolute atomic E-state index is 13.1. The van der Waals surface area contributed by atoms with Crippen molar-refractivity contribution in [3.63, 3.8) is 0 Å². The number of nitrogen functional groups attached to an aromatic ring is 1. The van der Waals surface area contributed by atoms with Crippen molar-refractivity contribution in [2.75, 3.05) is 11.1 Å². The minimum atomic E-state index is -3.06. The van der Waals surface area contributed by atoms with Gasteiger partial charge in [-0.25, -0.2) is 4.39 Å². The Morgan fingerprint density at radius 3 is 2.62 bits per heavy atom. The highest BCUT2D eigenvalue weighted by Crippen LogP contribution is 2.24. The molecule has 0 bridgehead atoms. The Bertz CT molecular complexity index is 662. The van der Waals surface area contributed by atoms with Gasteiger partial charge in [-0.05, 0) is 30.3 Å². The number of anilines is 2. The number of nitrogens with one attached hydrogen (secondary N) is 1. The van der Waals surface area contributed by atoms with Crippen LogP contribution in [0.15, 0.2) is 42.5 Å². The van der Waals surface area contributed by atoms with Gasteiger partial charge in [0.05, 0.1) is 16.9 Å². The molecule has 0 spiro atoms. The average molecular weight is 296 g/mol. The number of alkyl halides is 2. The summed E-state index contributed by atoms with van der Waals surface area (Å²) in [7, 11) is 0. The molecule has 0 saturated heterocycles. The molecule has 110 valence electrons. The van der Waals surface area contributed by atoms with Crippen LogP contribution in [-0.2, 0) is 0 Å². The number of amides is 1. The quantitative estimate of drug-likeness (QED) is 0.851. The first-order valence-corrected chi connectivity index (χ1v) is 5.87. The lowest BCUT2D eigenvalue weighted by Crippen LogP contribution is -2.16. The number of halogens is 3. The van der Waals surface area contributed by atoms with E-state index < -0.39 is 18.3 Å². The van der Waals surface area contributed by atoms with Crippen molar-refractivity contribution in [3.05, 3.63) is 53.8 Å². The number of carbonyl (C=O) groups is 1. The third kappa shape index (κ3) is 3.65. The van der Waals surface area contributed by atoms with Crippen LogP contribution >= 0.6 is 0 Å². The van der Waals surface area contributed by atoms with Gasteiger partial charge in [0.2, 0.25) is 0 Å². The van der Waals surface area contributed by atoms with E-state index in [1.807, 2.05) is 0 Å². The lowest BCUT2D eigenvalue weighted by molar-refractivity contribution is -0.0501. The van der Waals surface area contributed by atoms with E-state index in [1.54, 1.807) is 0 Å². The number of nitrogens with two attached hydrogens (primary N) is 1. The van der Waals surface area contributed by atoms with Crippen molar-refractivity contribution in [2.24, 2.45) is 0 Å². The average Bonchev–Trinajstić information content (AvgIpc) is 2.42. The summed E-state index contributed by atoms with van der Waals surface area (Å²) in [4.78, 5) is 12.1. The largest absolute Gasteiger partial charge is 0.434 e. The van der Waals surface area contributed by atoms with E-state index in [9.17, 15) is 18.0 Å². The van der Waals surface area contributed by atoms with Crippen LogP contribution in [0, 0.1) is 5.82 Å². The van der Waals surface area contributed by atoms with Crippen LogP contribution in [-0.4, -0.2) is 12.5 Å². The van der Waals surface area contributed by atoms with Crippen LogP contribution in [0.2, 0.25) is 0 Å². The van der Waals surface area contributed by atoms with Crippen LogP contribution < -0.4 is 15.8 Å². The monoisotopic (exact) mass is 296 g/mol. The molecular formula is C14H11F3N2O2.